The maximum absolute atomic E-state index is 12.3. The van der Waals surface area contributed by atoms with E-state index in [2.05, 4.69) is 24.1 Å². The first-order chi connectivity index (χ1) is 10.2. The summed E-state index contributed by atoms with van der Waals surface area (Å²) in [4.78, 5) is 13.0. The average molecular weight is 298 g/mol. The summed E-state index contributed by atoms with van der Waals surface area (Å²) in [5.41, 5.74) is 9.21. The molecule has 1 aromatic heterocycles. The van der Waals surface area contributed by atoms with Gasteiger partial charge in [0.25, 0.3) is 5.91 Å². The minimum absolute atomic E-state index is 0.0574. The van der Waals surface area contributed by atoms with E-state index in [1.807, 2.05) is 36.6 Å². The number of anilines is 1. The summed E-state index contributed by atoms with van der Waals surface area (Å²) in [5, 5.41) is 4.91. The van der Waals surface area contributed by atoms with Gasteiger partial charge < -0.3 is 11.1 Å². The third kappa shape index (κ3) is 3.72. The second kappa shape index (κ2) is 7.07. The van der Waals surface area contributed by atoms with Gasteiger partial charge in [-0.1, -0.05) is 18.8 Å². The molecule has 1 heterocycles. The van der Waals surface area contributed by atoms with E-state index in [4.69, 9.17) is 5.73 Å². The Bertz CT molecular complexity index is 707. The van der Waals surface area contributed by atoms with Crippen LogP contribution in [0.1, 0.15) is 33.3 Å². The van der Waals surface area contributed by atoms with Crippen molar-refractivity contribution in [2.75, 3.05) is 11.9 Å². The van der Waals surface area contributed by atoms with E-state index in [-0.39, 0.29) is 5.91 Å². The topological polar surface area (TPSA) is 55.1 Å². The molecule has 1 amide bonds. The maximum atomic E-state index is 12.3. The number of nitrogens with one attached hydrogen (secondary N) is 1. The van der Waals surface area contributed by atoms with Crippen molar-refractivity contribution in [1.82, 2.24) is 0 Å². The Morgan fingerprint density at radius 1 is 1.38 bits per heavy atom. The van der Waals surface area contributed by atoms with Gasteiger partial charge in [0, 0.05) is 11.3 Å². The molecule has 0 fully saturated rings. The van der Waals surface area contributed by atoms with Crippen LogP contribution in [0.15, 0.2) is 29.6 Å². The van der Waals surface area contributed by atoms with Crippen LogP contribution in [0.3, 0.4) is 0 Å². The number of hydrogen-bond donors (Lipinski definition) is 2. The molecule has 3 nitrogen and oxygen atoms in total. The summed E-state index contributed by atoms with van der Waals surface area (Å²) in [5.74, 6) is 5.79. The molecule has 0 aliphatic rings. The van der Waals surface area contributed by atoms with Gasteiger partial charge in [0.15, 0.2) is 0 Å². The van der Waals surface area contributed by atoms with Gasteiger partial charge in [0.1, 0.15) is 0 Å². The zero-order valence-corrected chi connectivity index (χ0v) is 13.0. The number of carbonyl (C=O) groups is 1. The lowest BCUT2D eigenvalue weighted by atomic mass is 10.1. The van der Waals surface area contributed by atoms with Gasteiger partial charge in [-0.2, -0.15) is 0 Å². The van der Waals surface area contributed by atoms with Crippen molar-refractivity contribution < 1.29 is 4.79 Å². The van der Waals surface area contributed by atoms with Crippen LogP contribution >= 0.6 is 11.3 Å². The maximum Gasteiger partial charge on any atom is 0.266 e. The molecule has 0 bridgehead atoms. The second-order valence-electron chi connectivity index (χ2n) is 4.62. The fourth-order valence-corrected chi connectivity index (χ4v) is 2.84. The minimum Gasteiger partial charge on any atom is -0.321 e. The molecule has 0 aliphatic heterocycles. The molecule has 0 aliphatic carbocycles. The van der Waals surface area contributed by atoms with Crippen molar-refractivity contribution >= 4 is 22.9 Å². The minimum atomic E-state index is -0.0574. The van der Waals surface area contributed by atoms with Crippen molar-refractivity contribution in [3.63, 3.8) is 0 Å². The number of carbonyl (C=O) groups excluding carboxylic acids is 1. The third-order valence-electron chi connectivity index (χ3n) is 3.14. The number of nitrogens with two attached hydrogens (primary N) is 1. The zero-order valence-electron chi connectivity index (χ0n) is 12.2. The molecule has 0 radical (unpaired) electrons. The molecule has 0 saturated carbocycles. The Balaban J connectivity index is 2.24. The Morgan fingerprint density at radius 3 is 2.81 bits per heavy atom. The van der Waals surface area contributed by atoms with E-state index in [0.29, 0.717) is 6.54 Å². The molecule has 0 atom stereocenters. The van der Waals surface area contributed by atoms with E-state index in [1.54, 1.807) is 0 Å². The average Bonchev–Trinajstić information content (AvgIpc) is 2.92. The molecule has 1 aromatic carbocycles. The summed E-state index contributed by atoms with van der Waals surface area (Å²) >= 11 is 1.46. The fraction of sp³-hybridized carbons (Fsp3) is 0.235. The van der Waals surface area contributed by atoms with Crippen LogP contribution in [-0.2, 0) is 6.42 Å². The van der Waals surface area contributed by atoms with E-state index < -0.39 is 0 Å². The normalized spacial score (nSPS) is 9.86. The van der Waals surface area contributed by atoms with Gasteiger partial charge in [0.05, 0.1) is 11.4 Å². The number of benzene rings is 1. The van der Waals surface area contributed by atoms with Gasteiger partial charge in [-0.3, -0.25) is 4.79 Å². The molecule has 0 saturated heterocycles. The molecular weight excluding hydrogens is 280 g/mol. The molecule has 3 N–H and O–H groups in total. The van der Waals surface area contributed by atoms with Crippen LogP contribution in [0.25, 0.3) is 0 Å². The van der Waals surface area contributed by atoms with Crippen LogP contribution in [0.5, 0.6) is 0 Å². The van der Waals surface area contributed by atoms with Gasteiger partial charge in [-0.25, -0.2) is 0 Å². The van der Waals surface area contributed by atoms with Crippen molar-refractivity contribution in [3.05, 3.63) is 51.2 Å². The van der Waals surface area contributed by atoms with Crippen molar-refractivity contribution in [1.29, 1.82) is 0 Å². The highest BCUT2D eigenvalue weighted by Gasteiger charge is 2.12. The predicted octanol–water partition coefficient (Wildman–Crippen LogP) is 3.18. The molecule has 108 valence electrons. The standard InChI is InChI=1S/C17H18N2OS/c1-3-14-11-13(5-4-9-18)6-7-15(14)19-17(20)16-12(2)8-10-21-16/h6-8,10-11H,3,9,18H2,1-2H3,(H,19,20). The van der Waals surface area contributed by atoms with E-state index in [0.717, 1.165) is 33.7 Å². The first-order valence-corrected chi connectivity index (χ1v) is 7.71. The van der Waals surface area contributed by atoms with Gasteiger partial charge in [-0.15, -0.1) is 11.3 Å². The summed E-state index contributed by atoms with van der Waals surface area (Å²) in [7, 11) is 0. The lowest BCUT2D eigenvalue weighted by Gasteiger charge is -2.10. The van der Waals surface area contributed by atoms with Crippen molar-refractivity contribution in [2.24, 2.45) is 5.73 Å². The number of thiophene rings is 1. The van der Waals surface area contributed by atoms with Crippen molar-refractivity contribution in [2.45, 2.75) is 20.3 Å². The molecule has 2 rings (SSSR count). The first-order valence-electron chi connectivity index (χ1n) is 6.83. The van der Waals surface area contributed by atoms with Gasteiger partial charge in [-0.05, 0) is 54.1 Å². The quantitative estimate of drug-likeness (QED) is 0.855. The predicted molar refractivity (Wildman–Crippen MR) is 88.8 cm³/mol. The van der Waals surface area contributed by atoms with Crippen LogP contribution in [0.4, 0.5) is 5.69 Å². The highest BCUT2D eigenvalue weighted by Crippen LogP contribution is 2.21. The first kappa shape index (κ1) is 15.3. The Morgan fingerprint density at radius 2 is 2.19 bits per heavy atom. The Kier molecular flexibility index (Phi) is 5.15. The largest absolute Gasteiger partial charge is 0.321 e. The smallest absolute Gasteiger partial charge is 0.266 e. The monoisotopic (exact) mass is 298 g/mol. The highest BCUT2D eigenvalue weighted by molar-refractivity contribution is 7.12. The van der Waals surface area contributed by atoms with Gasteiger partial charge >= 0.3 is 0 Å². The molecule has 21 heavy (non-hydrogen) atoms. The van der Waals surface area contributed by atoms with Crippen LogP contribution < -0.4 is 11.1 Å². The van der Waals surface area contributed by atoms with E-state index in [1.165, 1.54) is 11.3 Å². The van der Waals surface area contributed by atoms with Crippen LogP contribution in [0.2, 0.25) is 0 Å². The Hall–Kier alpha value is -2.09. The van der Waals surface area contributed by atoms with Crippen molar-refractivity contribution in [3.8, 4) is 11.8 Å². The molecular formula is C17H18N2OS. The highest BCUT2D eigenvalue weighted by atomic mass is 32.1. The van der Waals surface area contributed by atoms with Crippen LogP contribution in [0, 0.1) is 18.8 Å². The molecule has 4 heteroatoms. The number of amides is 1. The third-order valence-corrected chi connectivity index (χ3v) is 4.15. The van der Waals surface area contributed by atoms with Crippen LogP contribution in [-0.4, -0.2) is 12.5 Å². The Labute approximate surface area is 129 Å². The van der Waals surface area contributed by atoms with E-state index >= 15 is 0 Å². The molecule has 0 unspecified atom stereocenters. The number of aryl methyl sites for hydroxylation is 2. The summed E-state index contributed by atoms with van der Waals surface area (Å²) in [6, 6.07) is 7.75. The van der Waals surface area contributed by atoms with E-state index in [9.17, 15) is 4.79 Å². The molecule has 0 spiro atoms. The lowest BCUT2D eigenvalue weighted by molar-refractivity contribution is 0.103. The number of rotatable bonds is 3. The summed E-state index contributed by atoms with van der Waals surface area (Å²) in [6.45, 7) is 4.34. The molecule has 2 aromatic rings. The summed E-state index contributed by atoms with van der Waals surface area (Å²) in [6.07, 6.45) is 0.831. The SMILES string of the molecule is CCc1cc(C#CCN)ccc1NC(=O)c1sccc1C. The second-order valence-corrected chi connectivity index (χ2v) is 5.53. The number of hydrogen-bond acceptors (Lipinski definition) is 3. The van der Waals surface area contributed by atoms with Gasteiger partial charge in [0.2, 0.25) is 0 Å². The summed E-state index contributed by atoms with van der Waals surface area (Å²) < 4.78 is 0. The zero-order chi connectivity index (χ0) is 15.2. The fourth-order valence-electron chi connectivity index (χ4n) is 2.02. The lowest BCUT2D eigenvalue weighted by Crippen LogP contribution is -2.12.